The predicted molar refractivity (Wildman–Crippen MR) is 102 cm³/mol. The lowest BCUT2D eigenvalue weighted by Gasteiger charge is -2.57. The van der Waals surface area contributed by atoms with Crippen molar-refractivity contribution in [2.45, 2.75) is 33.2 Å². The van der Waals surface area contributed by atoms with Crippen LogP contribution in [0, 0.1) is 17.3 Å². The molecule has 0 spiro atoms. The lowest BCUT2D eigenvalue weighted by molar-refractivity contribution is -0.0121. The predicted octanol–water partition coefficient (Wildman–Crippen LogP) is 3.53. The zero-order chi connectivity index (χ0) is 17.7. The molecule has 26 heavy (non-hydrogen) atoms. The summed E-state index contributed by atoms with van der Waals surface area (Å²) in [4.78, 5) is 5.23. The largest absolute Gasteiger partial charge is 0.454 e. The first-order valence-electron chi connectivity index (χ1n) is 10.1. The summed E-state index contributed by atoms with van der Waals surface area (Å²) in [6.45, 7) is 12.2. The van der Waals surface area contributed by atoms with Gasteiger partial charge in [0.1, 0.15) is 0 Å². The van der Waals surface area contributed by atoms with Crippen LogP contribution in [0.15, 0.2) is 29.8 Å². The van der Waals surface area contributed by atoms with E-state index >= 15 is 0 Å². The molecule has 140 valence electrons. The fourth-order valence-electron chi connectivity index (χ4n) is 5.32. The third-order valence-corrected chi connectivity index (χ3v) is 7.30. The summed E-state index contributed by atoms with van der Waals surface area (Å²) in [5.74, 6) is 3.55. The molecule has 0 unspecified atom stereocenters. The average molecular weight is 354 g/mol. The minimum atomic E-state index is 0.353. The number of allylic oxidation sites excluding steroid dienone is 1. The molecule has 2 bridgehead atoms. The van der Waals surface area contributed by atoms with Crippen molar-refractivity contribution in [3.8, 4) is 11.5 Å². The molecule has 1 saturated carbocycles. The van der Waals surface area contributed by atoms with E-state index in [1.807, 2.05) is 6.07 Å². The first kappa shape index (κ1) is 16.6. The molecule has 6 rings (SSSR count). The van der Waals surface area contributed by atoms with Crippen LogP contribution in [-0.4, -0.2) is 49.3 Å². The number of piperazine rings is 1. The fourth-order valence-corrected chi connectivity index (χ4v) is 5.32. The van der Waals surface area contributed by atoms with Crippen molar-refractivity contribution in [3.05, 3.63) is 35.4 Å². The normalized spacial score (nSPS) is 30.0. The molecular formula is C22H30N2O2. The SMILES string of the molecule is CC1(C)[C@@H]2CC=C(CN3CCN(Cc4ccc5c(c4)OCO5)CC3)[C@@H]1C2. The van der Waals surface area contributed by atoms with E-state index in [1.165, 1.54) is 38.0 Å². The van der Waals surface area contributed by atoms with Gasteiger partial charge in [-0.1, -0.05) is 31.6 Å². The van der Waals surface area contributed by atoms with Gasteiger partial charge < -0.3 is 9.47 Å². The summed E-state index contributed by atoms with van der Waals surface area (Å²) in [6, 6.07) is 6.34. The number of ether oxygens (including phenoxy) is 2. The zero-order valence-corrected chi connectivity index (χ0v) is 16.0. The van der Waals surface area contributed by atoms with E-state index in [1.54, 1.807) is 5.57 Å². The van der Waals surface area contributed by atoms with Crippen LogP contribution < -0.4 is 9.47 Å². The summed E-state index contributed by atoms with van der Waals surface area (Å²) in [5, 5.41) is 0. The molecule has 4 nitrogen and oxygen atoms in total. The number of benzene rings is 1. The van der Waals surface area contributed by atoms with Crippen LogP contribution >= 0.6 is 0 Å². The van der Waals surface area contributed by atoms with Gasteiger partial charge in [-0.3, -0.25) is 9.80 Å². The number of nitrogens with zero attached hydrogens (tertiary/aromatic N) is 2. The zero-order valence-electron chi connectivity index (χ0n) is 16.0. The van der Waals surface area contributed by atoms with Crippen LogP contribution in [0.5, 0.6) is 11.5 Å². The van der Waals surface area contributed by atoms with Crippen LogP contribution in [0.25, 0.3) is 0 Å². The Morgan fingerprint density at radius 1 is 1.00 bits per heavy atom. The second-order valence-corrected chi connectivity index (χ2v) is 9.06. The van der Waals surface area contributed by atoms with Gasteiger partial charge in [0.15, 0.2) is 11.5 Å². The highest BCUT2D eigenvalue weighted by molar-refractivity contribution is 5.44. The van der Waals surface area contributed by atoms with Crippen LogP contribution in [0.1, 0.15) is 32.3 Å². The first-order valence-corrected chi connectivity index (χ1v) is 10.1. The van der Waals surface area contributed by atoms with Crippen LogP contribution in [0.2, 0.25) is 0 Å². The third-order valence-electron chi connectivity index (χ3n) is 7.30. The summed E-state index contributed by atoms with van der Waals surface area (Å²) in [7, 11) is 0. The van der Waals surface area contributed by atoms with Crippen LogP contribution in [-0.2, 0) is 6.54 Å². The molecule has 0 aromatic heterocycles. The molecule has 0 N–H and O–H groups in total. The van der Waals surface area contributed by atoms with Crippen molar-refractivity contribution in [2.24, 2.45) is 17.3 Å². The maximum Gasteiger partial charge on any atom is 0.231 e. The summed E-state index contributed by atoms with van der Waals surface area (Å²) in [5.41, 5.74) is 3.59. The molecule has 2 aliphatic heterocycles. The lowest BCUT2D eigenvalue weighted by Crippen LogP contribution is -2.52. The van der Waals surface area contributed by atoms with Crippen LogP contribution in [0.4, 0.5) is 0 Å². The maximum atomic E-state index is 5.51. The fraction of sp³-hybridized carbons (Fsp3) is 0.636. The van der Waals surface area contributed by atoms with Crippen molar-refractivity contribution < 1.29 is 9.47 Å². The van der Waals surface area contributed by atoms with Gasteiger partial charge in [-0.2, -0.15) is 0 Å². The van der Waals surface area contributed by atoms with Gasteiger partial charge in [0.25, 0.3) is 0 Å². The molecular weight excluding hydrogens is 324 g/mol. The second-order valence-electron chi connectivity index (χ2n) is 9.06. The minimum Gasteiger partial charge on any atom is -0.454 e. The summed E-state index contributed by atoms with van der Waals surface area (Å²) < 4.78 is 10.9. The van der Waals surface area contributed by atoms with Crippen LogP contribution in [0.3, 0.4) is 0 Å². The summed E-state index contributed by atoms with van der Waals surface area (Å²) >= 11 is 0. The summed E-state index contributed by atoms with van der Waals surface area (Å²) in [6.07, 6.45) is 5.30. The molecule has 2 fully saturated rings. The van der Waals surface area contributed by atoms with E-state index in [0.717, 1.165) is 43.0 Å². The molecule has 0 amide bonds. The molecule has 1 aromatic rings. The Labute approximate surface area is 156 Å². The quantitative estimate of drug-likeness (QED) is 0.773. The van der Waals surface area contributed by atoms with E-state index in [4.69, 9.17) is 9.47 Å². The van der Waals surface area contributed by atoms with Gasteiger partial charge in [0, 0.05) is 39.3 Å². The minimum absolute atomic E-state index is 0.353. The van der Waals surface area contributed by atoms with E-state index in [-0.39, 0.29) is 0 Å². The number of fused-ring (bicyclic) bond motifs is 2. The molecule has 5 aliphatic rings. The Balaban J connectivity index is 1.14. The van der Waals surface area contributed by atoms with E-state index < -0.39 is 0 Å². The lowest BCUT2D eigenvalue weighted by atomic mass is 9.49. The van der Waals surface area contributed by atoms with Gasteiger partial charge >= 0.3 is 0 Å². The maximum absolute atomic E-state index is 5.51. The molecule has 1 aromatic carbocycles. The third kappa shape index (κ3) is 2.84. The number of rotatable bonds is 4. The topological polar surface area (TPSA) is 24.9 Å². The molecule has 2 heterocycles. The smallest absolute Gasteiger partial charge is 0.231 e. The van der Waals surface area contributed by atoms with E-state index in [9.17, 15) is 0 Å². The highest BCUT2D eigenvalue weighted by Crippen LogP contribution is 2.59. The first-order chi connectivity index (χ1) is 12.6. The van der Waals surface area contributed by atoms with Gasteiger partial charge in [-0.05, 0) is 47.8 Å². The van der Waals surface area contributed by atoms with Gasteiger partial charge in [0.2, 0.25) is 6.79 Å². The molecule has 0 radical (unpaired) electrons. The Bertz CT molecular complexity index is 719. The second kappa shape index (κ2) is 6.28. The van der Waals surface area contributed by atoms with E-state index in [0.29, 0.717) is 12.2 Å². The van der Waals surface area contributed by atoms with Gasteiger partial charge in [-0.15, -0.1) is 0 Å². The van der Waals surface area contributed by atoms with Crippen molar-refractivity contribution in [2.75, 3.05) is 39.5 Å². The molecule has 1 saturated heterocycles. The van der Waals surface area contributed by atoms with Gasteiger partial charge in [0.05, 0.1) is 0 Å². The standard InChI is InChI=1S/C22H30N2O2/c1-22(2)18-5-4-17(19(22)12-18)14-24-9-7-23(8-10-24)13-16-3-6-20-21(11-16)26-15-25-20/h3-4,6,11,18-19H,5,7-10,12-15H2,1-2H3/t18-,19+/m1/s1. The Morgan fingerprint density at radius 2 is 1.73 bits per heavy atom. The average Bonchev–Trinajstić information content (AvgIpc) is 3.11. The molecule has 2 atom stereocenters. The van der Waals surface area contributed by atoms with Crippen molar-refractivity contribution >= 4 is 0 Å². The van der Waals surface area contributed by atoms with Crippen molar-refractivity contribution in [1.82, 2.24) is 9.80 Å². The monoisotopic (exact) mass is 354 g/mol. The Kier molecular flexibility index (Phi) is 4.02. The number of hydrogen-bond acceptors (Lipinski definition) is 4. The molecule has 4 heteroatoms. The van der Waals surface area contributed by atoms with Gasteiger partial charge in [-0.25, -0.2) is 0 Å². The van der Waals surface area contributed by atoms with Crippen molar-refractivity contribution in [1.29, 1.82) is 0 Å². The highest BCUT2D eigenvalue weighted by Gasteiger charge is 2.51. The number of hydrogen-bond donors (Lipinski definition) is 0. The van der Waals surface area contributed by atoms with E-state index in [2.05, 4.69) is 41.9 Å². The highest BCUT2D eigenvalue weighted by atomic mass is 16.7. The Morgan fingerprint density at radius 3 is 2.46 bits per heavy atom. The Hall–Kier alpha value is -1.52. The van der Waals surface area contributed by atoms with Crippen molar-refractivity contribution in [3.63, 3.8) is 0 Å². The molecule has 3 aliphatic carbocycles.